The van der Waals surface area contributed by atoms with Gasteiger partial charge in [0.1, 0.15) is 23.3 Å². The molecule has 230 valence electrons. The number of furan rings is 1. The molecule has 0 aliphatic carbocycles. The normalized spacial score (nSPS) is 10.6. The lowest BCUT2D eigenvalue weighted by Crippen LogP contribution is -2.17. The van der Waals surface area contributed by atoms with Gasteiger partial charge in [-0.05, 0) is 80.5 Å². The summed E-state index contributed by atoms with van der Waals surface area (Å²) in [7, 11) is 1.89. The SMILES string of the molecule is C=C(C)/C(C)=C/C=C(\C)C(=C)/C=c1/cc(CNC)oc1=C.CC.CC.CC.CCC.Nc1ccc(/C=C/C=O)cn1. The average Bonchev–Trinajstić information content (AvgIpc) is 3.33. The van der Waals surface area contributed by atoms with E-state index in [2.05, 4.69) is 56.0 Å². The Morgan fingerprint density at radius 3 is 1.98 bits per heavy atom. The maximum absolute atomic E-state index is 9.91. The molecule has 0 bridgehead atoms. The molecule has 0 unspecified atom stereocenters. The third kappa shape index (κ3) is 23.9. The quantitative estimate of drug-likeness (QED) is 0.190. The lowest BCUT2D eigenvalue weighted by atomic mass is 10.1. The number of pyridine rings is 1. The smallest absolute Gasteiger partial charge is 0.142 e. The Morgan fingerprint density at radius 1 is 1.00 bits per heavy atom. The fourth-order valence-electron chi connectivity index (χ4n) is 2.35. The molecule has 0 fully saturated rings. The molecule has 0 radical (unpaired) electrons. The van der Waals surface area contributed by atoms with E-state index in [0.717, 1.165) is 39.5 Å². The third-order valence-corrected chi connectivity index (χ3v) is 4.51. The van der Waals surface area contributed by atoms with Crippen LogP contribution in [0.2, 0.25) is 0 Å². The molecule has 0 amide bonds. The molecule has 0 aromatic carbocycles. The van der Waals surface area contributed by atoms with Gasteiger partial charge in [-0.2, -0.15) is 0 Å². The van der Waals surface area contributed by atoms with Crippen molar-refractivity contribution in [1.82, 2.24) is 10.3 Å². The summed E-state index contributed by atoms with van der Waals surface area (Å²) < 4.78 is 5.58. The first kappa shape index (κ1) is 44.3. The zero-order valence-electron chi connectivity index (χ0n) is 28.2. The number of allylic oxidation sites excluding steroid dienone is 7. The van der Waals surface area contributed by atoms with Crippen molar-refractivity contribution in [2.75, 3.05) is 12.8 Å². The van der Waals surface area contributed by atoms with Gasteiger partial charge in [-0.25, -0.2) is 4.98 Å². The fraction of sp³-hybridized carbons (Fsp3) is 0.389. The molecule has 2 rings (SSSR count). The van der Waals surface area contributed by atoms with E-state index in [1.165, 1.54) is 18.1 Å². The maximum atomic E-state index is 9.91. The number of nitrogen functional groups attached to an aromatic ring is 1. The van der Waals surface area contributed by atoms with E-state index in [1.54, 1.807) is 24.4 Å². The van der Waals surface area contributed by atoms with Crippen LogP contribution in [-0.2, 0) is 11.3 Å². The number of hydrogen-bond donors (Lipinski definition) is 2. The molecule has 0 saturated heterocycles. The molecule has 0 spiro atoms. The minimum atomic E-state index is 0.480. The topological polar surface area (TPSA) is 81.1 Å². The first-order valence-electron chi connectivity index (χ1n) is 14.6. The average molecular weight is 566 g/mol. The molecule has 0 atom stereocenters. The zero-order valence-corrected chi connectivity index (χ0v) is 28.2. The first-order chi connectivity index (χ1) is 19.6. The van der Waals surface area contributed by atoms with Gasteiger partial charge in [0.25, 0.3) is 0 Å². The van der Waals surface area contributed by atoms with Crippen LogP contribution >= 0.6 is 0 Å². The van der Waals surface area contributed by atoms with E-state index >= 15 is 0 Å². The summed E-state index contributed by atoms with van der Waals surface area (Å²) in [4.78, 5) is 13.8. The Labute approximate surface area is 252 Å². The van der Waals surface area contributed by atoms with E-state index in [0.29, 0.717) is 17.8 Å². The van der Waals surface area contributed by atoms with Crippen molar-refractivity contribution < 1.29 is 9.21 Å². The summed E-state index contributed by atoms with van der Waals surface area (Å²) in [6, 6.07) is 5.47. The minimum absolute atomic E-state index is 0.480. The third-order valence-electron chi connectivity index (χ3n) is 4.51. The van der Waals surface area contributed by atoms with Crippen molar-refractivity contribution in [2.45, 2.75) is 89.1 Å². The van der Waals surface area contributed by atoms with Gasteiger partial charge in [0.05, 0.1) is 6.54 Å². The molecular weight excluding hydrogens is 506 g/mol. The Hall–Kier alpha value is -3.70. The number of carbonyl (C=O) groups excluding carboxylic acids is 1. The molecule has 5 nitrogen and oxygen atoms in total. The zero-order chi connectivity index (χ0) is 32.8. The second-order valence-electron chi connectivity index (χ2n) is 7.99. The number of rotatable bonds is 8. The van der Waals surface area contributed by atoms with Crippen LogP contribution in [0.25, 0.3) is 18.7 Å². The van der Waals surface area contributed by atoms with Crippen LogP contribution in [0.4, 0.5) is 5.82 Å². The standard InChI is InChI=1S/C19H25NO.C8H8N2O.C3H8.3C2H6/c1-13(2)14(3)8-9-15(4)16(5)10-18-11-19(12-20-7)21-17(18)6;9-8-4-3-7(6-10-8)2-1-5-11;1-3-2;3*1-2/h8-11,20H,1,5-6,12H2,2-4,7H3;1-6H,(H2,9,10);3H2,1-2H3;3*1-2H3/b14-8+,15-9+,18-10-;2-1+;;;;. The highest BCUT2D eigenvalue weighted by molar-refractivity contribution is 5.73. The van der Waals surface area contributed by atoms with E-state index in [1.807, 2.05) is 81.5 Å². The van der Waals surface area contributed by atoms with Crippen molar-refractivity contribution in [3.05, 3.63) is 100 Å². The second-order valence-corrected chi connectivity index (χ2v) is 7.99. The van der Waals surface area contributed by atoms with Gasteiger partial charge in [-0.15, -0.1) is 0 Å². The lowest BCUT2D eigenvalue weighted by molar-refractivity contribution is -0.104. The first-order valence-corrected chi connectivity index (χ1v) is 14.6. The molecule has 0 aliphatic heterocycles. The van der Waals surface area contributed by atoms with Gasteiger partial charge >= 0.3 is 0 Å². The predicted molar refractivity (Wildman–Crippen MR) is 186 cm³/mol. The molecule has 5 heteroatoms. The highest BCUT2D eigenvalue weighted by Crippen LogP contribution is 2.11. The van der Waals surface area contributed by atoms with Crippen molar-refractivity contribution in [1.29, 1.82) is 0 Å². The van der Waals surface area contributed by atoms with Crippen LogP contribution in [-0.4, -0.2) is 18.3 Å². The summed E-state index contributed by atoms with van der Waals surface area (Å²) in [6.45, 7) is 35.0. The molecule has 3 N–H and O–H groups in total. The largest absolute Gasteiger partial charge is 0.460 e. The number of nitrogens with two attached hydrogens (primary N) is 1. The summed E-state index contributed by atoms with van der Waals surface area (Å²) in [5.41, 5.74) is 11.2. The fourth-order valence-corrected chi connectivity index (χ4v) is 2.35. The predicted octanol–water partition coefficient (Wildman–Crippen LogP) is 8.59. The van der Waals surface area contributed by atoms with Crippen LogP contribution in [0, 0.1) is 0 Å². The van der Waals surface area contributed by atoms with Gasteiger partial charge in [0.15, 0.2) is 0 Å². The highest BCUT2D eigenvalue weighted by atomic mass is 16.3. The number of nitrogens with zero attached hydrogens (tertiary/aromatic N) is 1. The van der Waals surface area contributed by atoms with Crippen molar-refractivity contribution in [3.63, 3.8) is 0 Å². The van der Waals surface area contributed by atoms with Gasteiger partial charge in [0, 0.05) is 11.4 Å². The summed E-state index contributed by atoms with van der Waals surface area (Å²) in [5.74, 6) is 1.36. The second kappa shape index (κ2) is 30.8. The summed E-state index contributed by atoms with van der Waals surface area (Å²) in [5, 5.41) is 4.03. The van der Waals surface area contributed by atoms with Gasteiger partial charge < -0.3 is 15.5 Å². The van der Waals surface area contributed by atoms with Gasteiger partial charge in [-0.1, -0.05) is 105 Å². The van der Waals surface area contributed by atoms with E-state index in [4.69, 9.17) is 10.2 Å². The number of aldehydes is 1. The summed E-state index contributed by atoms with van der Waals surface area (Å²) in [6.07, 6.45) is 12.8. The lowest BCUT2D eigenvalue weighted by Gasteiger charge is -2.00. The van der Waals surface area contributed by atoms with Crippen molar-refractivity contribution >= 4 is 30.8 Å². The number of anilines is 1. The van der Waals surface area contributed by atoms with Crippen LogP contribution in [0.1, 0.15) is 93.9 Å². The summed E-state index contributed by atoms with van der Waals surface area (Å²) >= 11 is 0. The molecule has 2 aromatic rings. The minimum Gasteiger partial charge on any atom is -0.460 e. The Balaban J connectivity index is -0.000000286. The molecule has 2 aromatic heterocycles. The Morgan fingerprint density at radius 2 is 1.54 bits per heavy atom. The molecule has 0 saturated carbocycles. The van der Waals surface area contributed by atoms with Gasteiger partial charge in [0.2, 0.25) is 0 Å². The number of nitrogens with one attached hydrogen (secondary N) is 1. The molecular formula is C36H59N3O2. The highest BCUT2D eigenvalue weighted by Gasteiger charge is 1.99. The Bertz CT molecular complexity index is 1150. The molecule has 0 aliphatic rings. The van der Waals surface area contributed by atoms with Crippen LogP contribution in [0.5, 0.6) is 0 Å². The molecule has 2 heterocycles. The van der Waals surface area contributed by atoms with E-state index in [-0.39, 0.29) is 0 Å². The van der Waals surface area contributed by atoms with Crippen LogP contribution in [0.15, 0.2) is 82.5 Å². The van der Waals surface area contributed by atoms with Gasteiger partial charge in [-0.3, -0.25) is 4.79 Å². The maximum Gasteiger partial charge on any atom is 0.142 e. The van der Waals surface area contributed by atoms with E-state index < -0.39 is 0 Å². The monoisotopic (exact) mass is 565 g/mol. The van der Waals surface area contributed by atoms with Crippen LogP contribution < -0.4 is 21.7 Å². The number of hydrogen-bond acceptors (Lipinski definition) is 5. The van der Waals surface area contributed by atoms with E-state index in [9.17, 15) is 4.79 Å². The number of aromatic nitrogens is 1. The number of carbonyl (C=O) groups is 1. The van der Waals surface area contributed by atoms with Crippen LogP contribution in [0.3, 0.4) is 0 Å². The molecule has 41 heavy (non-hydrogen) atoms. The van der Waals surface area contributed by atoms with Crippen molar-refractivity contribution in [3.8, 4) is 0 Å². The Kier molecular flexibility index (Phi) is 33.3. The van der Waals surface area contributed by atoms with Crippen molar-refractivity contribution in [2.24, 2.45) is 0 Å².